The lowest BCUT2D eigenvalue weighted by molar-refractivity contribution is 0.0535. The van der Waals surface area contributed by atoms with E-state index in [4.69, 9.17) is 44.1 Å². The Morgan fingerprint density at radius 3 is 1.20 bits per heavy atom. The molecule has 18 heteroatoms. The Bertz CT molecular complexity index is 2290. The minimum Gasteiger partial charge on any atom is -0.444 e. The number of hydrogen-bond acceptors (Lipinski definition) is 14. The van der Waals surface area contributed by atoms with Crippen molar-refractivity contribution in [2.45, 2.75) is 40.2 Å². The standard InChI is InChI=1S/C17H18N4O2.2C12H10N4.C4H10O.CH2Cl2.ClH/c1-17(2,3)23-16(22)21-7-4-5-13-9-18-8-6-15(13)14-10-19-12-20-11-14;2*13-4-1-2-10-6-14-5-3-12(10)11-7-15-9-16-8-11;1-3-5-4-2;2-1-3;/h6,8-12H,7H2,1-3H3,(H,21,22);2*3,5-9H,4,13H2;3-4H2,1-2H3;1H2;1H. The van der Waals surface area contributed by atoms with E-state index < -0.39 is 11.7 Å². The number of carbonyl (C=O) groups excluding carboxylic acids is 1. The van der Waals surface area contributed by atoms with Crippen LogP contribution in [0.5, 0.6) is 0 Å². The Balaban J connectivity index is 0.000000446. The van der Waals surface area contributed by atoms with Gasteiger partial charge in [0.2, 0.25) is 0 Å². The highest BCUT2D eigenvalue weighted by Crippen LogP contribution is 2.22. The first-order valence-electron chi connectivity index (χ1n) is 19.2. The van der Waals surface area contributed by atoms with Crippen LogP contribution < -0.4 is 16.8 Å². The zero-order valence-corrected chi connectivity index (χ0v) is 38.5. The number of carbonyl (C=O) groups is 1. The van der Waals surface area contributed by atoms with Gasteiger partial charge in [-0.3, -0.25) is 15.0 Å². The first-order valence-corrected chi connectivity index (χ1v) is 20.3. The van der Waals surface area contributed by atoms with Crippen LogP contribution in [-0.2, 0) is 9.47 Å². The summed E-state index contributed by atoms with van der Waals surface area (Å²) >= 11 is 9.53. The summed E-state index contributed by atoms with van der Waals surface area (Å²) < 4.78 is 9.97. The van der Waals surface area contributed by atoms with E-state index in [9.17, 15) is 4.79 Å². The molecule has 15 nitrogen and oxygen atoms in total. The van der Waals surface area contributed by atoms with Crippen LogP contribution in [0.15, 0.2) is 112 Å². The summed E-state index contributed by atoms with van der Waals surface area (Å²) in [6.07, 6.45) is 24.6. The monoisotopic (exact) mass is 924 g/mol. The van der Waals surface area contributed by atoms with E-state index in [-0.39, 0.29) is 24.3 Å². The molecule has 334 valence electrons. The van der Waals surface area contributed by atoms with Gasteiger partial charge in [0.15, 0.2) is 0 Å². The predicted octanol–water partition coefficient (Wildman–Crippen LogP) is 7.00. The molecule has 0 aliphatic rings. The number of pyridine rings is 3. The average Bonchev–Trinajstić information content (AvgIpc) is 3.31. The summed E-state index contributed by atoms with van der Waals surface area (Å²) in [6, 6.07) is 5.63. The average molecular weight is 926 g/mol. The second kappa shape index (κ2) is 33.9. The maximum atomic E-state index is 11.5. The molecule has 0 atom stereocenters. The third kappa shape index (κ3) is 23.0. The Labute approximate surface area is 391 Å². The number of amides is 1. The molecule has 0 radical (unpaired) electrons. The number of halogens is 3. The molecular formula is C46H51Cl3N12O3. The summed E-state index contributed by atoms with van der Waals surface area (Å²) in [5.74, 6) is 17.5. The van der Waals surface area contributed by atoms with E-state index in [2.05, 4.69) is 85.7 Å². The van der Waals surface area contributed by atoms with Gasteiger partial charge >= 0.3 is 6.09 Å². The quantitative estimate of drug-likeness (QED) is 0.113. The third-order valence-electron chi connectivity index (χ3n) is 7.08. The molecule has 6 aromatic heterocycles. The molecule has 6 aromatic rings. The molecule has 1 amide bonds. The SMILES string of the molecule is CC(C)(C)OC(=O)NCC#Cc1cnccc1-c1cncnc1.CCOCC.Cl.ClCCl.NCC#Cc1cnccc1-c1cncnc1.NCC#Cc1cnccc1-c1cncnc1. The first kappa shape index (κ1) is 55.4. The summed E-state index contributed by atoms with van der Waals surface area (Å²) in [5, 5.41) is 2.78. The lowest BCUT2D eigenvalue weighted by atomic mass is 10.1. The molecule has 0 saturated carbocycles. The normalized spacial score (nSPS) is 9.33. The number of alkyl carbamates (subject to hydrolysis) is 1. The fourth-order valence-corrected chi connectivity index (χ4v) is 4.62. The van der Waals surface area contributed by atoms with Gasteiger partial charge in [0.1, 0.15) is 24.6 Å². The van der Waals surface area contributed by atoms with Gasteiger partial charge < -0.3 is 26.3 Å². The fraction of sp³-hybridized carbons (Fsp3) is 0.261. The van der Waals surface area contributed by atoms with Crippen LogP contribution in [0.4, 0.5) is 4.79 Å². The van der Waals surface area contributed by atoms with Crippen molar-refractivity contribution in [2.24, 2.45) is 11.5 Å². The molecule has 6 rings (SSSR count). The maximum absolute atomic E-state index is 11.5. The molecule has 0 fully saturated rings. The smallest absolute Gasteiger partial charge is 0.408 e. The number of ether oxygens (including phenoxy) is 2. The molecule has 0 aliphatic heterocycles. The van der Waals surface area contributed by atoms with Crippen molar-refractivity contribution in [1.29, 1.82) is 0 Å². The van der Waals surface area contributed by atoms with Crippen molar-refractivity contribution < 1.29 is 14.3 Å². The lowest BCUT2D eigenvalue weighted by Gasteiger charge is -2.19. The highest BCUT2D eigenvalue weighted by Gasteiger charge is 2.15. The summed E-state index contributed by atoms with van der Waals surface area (Å²) in [4.78, 5) is 47.6. The number of nitrogens with one attached hydrogen (secondary N) is 1. The van der Waals surface area contributed by atoms with E-state index in [0.29, 0.717) is 13.1 Å². The van der Waals surface area contributed by atoms with Gasteiger partial charge in [-0.15, -0.1) is 35.6 Å². The summed E-state index contributed by atoms with van der Waals surface area (Å²) in [6.45, 7) is 11.9. The van der Waals surface area contributed by atoms with Crippen molar-refractivity contribution in [3.63, 3.8) is 0 Å². The molecule has 0 aromatic carbocycles. The van der Waals surface area contributed by atoms with Crippen LogP contribution in [0.1, 0.15) is 51.3 Å². The van der Waals surface area contributed by atoms with Crippen LogP contribution in [0.25, 0.3) is 33.4 Å². The van der Waals surface area contributed by atoms with Crippen LogP contribution >= 0.6 is 35.6 Å². The molecule has 0 spiro atoms. The number of nitrogens with two attached hydrogens (primary N) is 2. The topological polar surface area (TPSA) is 216 Å². The molecule has 0 unspecified atom stereocenters. The molecule has 6 heterocycles. The Morgan fingerprint density at radius 2 is 0.922 bits per heavy atom. The first-order chi connectivity index (χ1) is 30.6. The number of nitrogens with zero attached hydrogens (tertiary/aromatic N) is 9. The Morgan fingerprint density at radius 1 is 0.594 bits per heavy atom. The van der Waals surface area contributed by atoms with Crippen molar-refractivity contribution in [3.8, 4) is 68.9 Å². The van der Waals surface area contributed by atoms with Crippen molar-refractivity contribution in [3.05, 3.63) is 128 Å². The zero-order chi connectivity index (χ0) is 46.0. The van der Waals surface area contributed by atoms with Gasteiger partial charge in [0.25, 0.3) is 0 Å². The van der Waals surface area contributed by atoms with Gasteiger partial charge in [0, 0.05) is 121 Å². The third-order valence-corrected chi connectivity index (χ3v) is 7.08. The van der Waals surface area contributed by atoms with Gasteiger partial charge in [0.05, 0.1) is 41.7 Å². The van der Waals surface area contributed by atoms with Crippen LogP contribution in [-0.4, -0.2) is 94.7 Å². The van der Waals surface area contributed by atoms with Gasteiger partial charge in [-0.05, 0) is 52.8 Å². The minimum atomic E-state index is -0.526. The highest BCUT2D eigenvalue weighted by molar-refractivity contribution is 6.40. The minimum absolute atomic E-state index is 0. The molecule has 5 N–H and O–H groups in total. The molecular weight excluding hydrogens is 875 g/mol. The largest absolute Gasteiger partial charge is 0.444 e. The Hall–Kier alpha value is -6.61. The van der Waals surface area contributed by atoms with Crippen LogP contribution in [0.2, 0.25) is 0 Å². The Kier molecular flexibility index (Phi) is 29.4. The zero-order valence-electron chi connectivity index (χ0n) is 36.2. The second-order valence-electron chi connectivity index (χ2n) is 12.7. The van der Waals surface area contributed by atoms with Gasteiger partial charge in [-0.1, -0.05) is 35.5 Å². The van der Waals surface area contributed by atoms with E-state index >= 15 is 0 Å². The molecule has 64 heavy (non-hydrogen) atoms. The van der Waals surface area contributed by atoms with Crippen molar-refractivity contribution >= 4 is 41.7 Å². The van der Waals surface area contributed by atoms with Crippen LogP contribution in [0, 0.1) is 35.5 Å². The van der Waals surface area contributed by atoms with Crippen molar-refractivity contribution in [2.75, 3.05) is 38.2 Å². The summed E-state index contributed by atoms with van der Waals surface area (Å²) in [5.41, 5.74) is 18.1. The maximum Gasteiger partial charge on any atom is 0.408 e. The van der Waals surface area contributed by atoms with E-state index in [1.165, 1.54) is 19.0 Å². The van der Waals surface area contributed by atoms with E-state index in [0.717, 1.165) is 63.3 Å². The molecule has 0 aliphatic carbocycles. The summed E-state index contributed by atoms with van der Waals surface area (Å²) in [7, 11) is 0. The lowest BCUT2D eigenvalue weighted by Crippen LogP contribution is -2.32. The van der Waals surface area contributed by atoms with E-state index in [1.54, 1.807) is 74.4 Å². The van der Waals surface area contributed by atoms with Gasteiger partial charge in [-0.2, -0.15) is 0 Å². The predicted molar refractivity (Wildman–Crippen MR) is 255 cm³/mol. The molecule has 0 bridgehead atoms. The number of aromatic nitrogens is 9. The number of hydrogen-bond donors (Lipinski definition) is 3. The van der Waals surface area contributed by atoms with Gasteiger partial charge in [-0.25, -0.2) is 34.7 Å². The second-order valence-corrected chi connectivity index (χ2v) is 13.5. The number of rotatable bonds is 6. The van der Waals surface area contributed by atoms with Crippen molar-refractivity contribution in [1.82, 2.24) is 50.2 Å². The molecule has 0 saturated heterocycles. The fourth-order valence-electron chi connectivity index (χ4n) is 4.62. The van der Waals surface area contributed by atoms with Crippen LogP contribution in [0.3, 0.4) is 0 Å². The highest BCUT2D eigenvalue weighted by atomic mass is 35.5. The van der Waals surface area contributed by atoms with E-state index in [1.807, 2.05) is 52.8 Å². The number of alkyl halides is 2.